The molecule has 0 atom stereocenters. The first-order valence-corrected chi connectivity index (χ1v) is 9.98. The molecule has 0 aliphatic carbocycles. The number of nitriles is 1. The number of aromatic nitrogens is 1. The van der Waals surface area contributed by atoms with Gasteiger partial charge in [-0.25, -0.2) is 8.78 Å². The third-order valence-electron chi connectivity index (χ3n) is 5.29. The highest BCUT2D eigenvalue weighted by molar-refractivity contribution is 6.11. The Labute approximate surface area is 184 Å². The molecular formula is C26H19F2N3O. The van der Waals surface area contributed by atoms with Crippen molar-refractivity contribution in [3.05, 3.63) is 107 Å². The molecule has 0 unspecified atom stereocenters. The van der Waals surface area contributed by atoms with Gasteiger partial charge in [0, 0.05) is 28.7 Å². The van der Waals surface area contributed by atoms with Gasteiger partial charge in [-0.3, -0.25) is 4.79 Å². The van der Waals surface area contributed by atoms with Crippen molar-refractivity contribution in [2.45, 2.75) is 13.5 Å². The highest BCUT2D eigenvalue weighted by atomic mass is 19.1. The number of hydrogen-bond acceptors (Lipinski definition) is 2. The Morgan fingerprint density at radius 3 is 2.56 bits per heavy atom. The van der Waals surface area contributed by atoms with Gasteiger partial charge in [-0.1, -0.05) is 42.5 Å². The van der Waals surface area contributed by atoms with Crippen LogP contribution in [0.15, 0.2) is 78.4 Å². The number of anilines is 1. The Hall–Kier alpha value is -4.24. The van der Waals surface area contributed by atoms with Gasteiger partial charge in [-0.2, -0.15) is 5.26 Å². The summed E-state index contributed by atoms with van der Waals surface area (Å²) >= 11 is 0. The number of nitrogens with zero attached hydrogens (tertiary/aromatic N) is 2. The lowest BCUT2D eigenvalue weighted by atomic mass is 10.1. The third-order valence-corrected chi connectivity index (χ3v) is 5.29. The number of benzene rings is 3. The average Bonchev–Trinajstić information content (AvgIpc) is 3.04. The van der Waals surface area contributed by atoms with Crippen LogP contribution in [0.3, 0.4) is 0 Å². The summed E-state index contributed by atoms with van der Waals surface area (Å²) in [4.78, 5) is 12.7. The summed E-state index contributed by atoms with van der Waals surface area (Å²) in [6, 6.07) is 21.7. The molecule has 1 amide bonds. The molecule has 0 saturated carbocycles. The largest absolute Gasteiger partial charge is 0.340 e. The monoisotopic (exact) mass is 427 g/mol. The molecule has 0 fully saturated rings. The maximum Gasteiger partial charge on any atom is 0.266 e. The molecule has 32 heavy (non-hydrogen) atoms. The van der Waals surface area contributed by atoms with Crippen LogP contribution in [0.1, 0.15) is 16.8 Å². The summed E-state index contributed by atoms with van der Waals surface area (Å²) in [5.41, 5.74) is 3.07. The molecule has 6 heteroatoms. The van der Waals surface area contributed by atoms with Crippen molar-refractivity contribution < 1.29 is 13.6 Å². The van der Waals surface area contributed by atoms with Crippen LogP contribution in [0.5, 0.6) is 0 Å². The normalized spacial score (nSPS) is 11.4. The van der Waals surface area contributed by atoms with E-state index >= 15 is 0 Å². The highest BCUT2D eigenvalue weighted by Gasteiger charge is 2.17. The van der Waals surface area contributed by atoms with E-state index in [-0.39, 0.29) is 17.1 Å². The molecule has 0 bridgehead atoms. The van der Waals surface area contributed by atoms with Crippen LogP contribution in [-0.2, 0) is 11.3 Å². The van der Waals surface area contributed by atoms with Crippen LogP contribution >= 0.6 is 0 Å². The predicted molar refractivity (Wildman–Crippen MR) is 121 cm³/mol. The fraction of sp³-hybridized carbons (Fsp3) is 0.0769. The SMILES string of the molecule is Cc1c(/C=C(\C#N)C(=O)Nc2ccccc2F)c2ccccc2n1Cc1cccc(F)c1. The van der Waals surface area contributed by atoms with E-state index < -0.39 is 11.7 Å². The van der Waals surface area contributed by atoms with Crippen molar-refractivity contribution in [2.75, 3.05) is 5.32 Å². The zero-order chi connectivity index (χ0) is 22.7. The number of para-hydroxylation sites is 2. The summed E-state index contributed by atoms with van der Waals surface area (Å²) in [5.74, 6) is -1.59. The van der Waals surface area contributed by atoms with Crippen LogP contribution in [-0.4, -0.2) is 10.5 Å². The van der Waals surface area contributed by atoms with Gasteiger partial charge in [0.25, 0.3) is 5.91 Å². The molecule has 0 radical (unpaired) electrons. The Morgan fingerprint density at radius 2 is 1.81 bits per heavy atom. The fourth-order valence-electron chi connectivity index (χ4n) is 3.71. The Balaban J connectivity index is 1.75. The van der Waals surface area contributed by atoms with Gasteiger partial charge in [0.05, 0.1) is 5.69 Å². The van der Waals surface area contributed by atoms with E-state index in [1.54, 1.807) is 12.1 Å². The average molecular weight is 427 g/mol. The van der Waals surface area contributed by atoms with Crippen molar-refractivity contribution in [3.63, 3.8) is 0 Å². The minimum Gasteiger partial charge on any atom is -0.340 e. The number of nitrogens with one attached hydrogen (secondary N) is 1. The second-order valence-electron chi connectivity index (χ2n) is 7.34. The molecule has 0 spiro atoms. The summed E-state index contributed by atoms with van der Waals surface area (Å²) in [6.07, 6.45) is 1.51. The molecule has 3 aromatic carbocycles. The zero-order valence-corrected chi connectivity index (χ0v) is 17.3. The Bertz CT molecular complexity index is 1400. The highest BCUT2D eigenvalue weighted by Crippen LogP contribution is 2.29. The lowest BCUT2D eigenvalue weighted by Crippen LogP contribution is -2.14. The second-order valence-corrected chi connectivity index (χ2v) is 7.34. The van der Waals surface area contributed by atoms with Crippen LogP contribution < -0.4 is 5.32 Å². The third kappa shape index (κ3) is 4.14. The molecule has 0 aliphatic heterocycles. The van der Waals surface area contributed by atoms with Gasteiger partial charge in [0.1, 0.15) is 23.3 Å². The van der Waals surface area contributed by atoms with Gasteiger partial charge in [-0.15, -0.1) is 0 Å². The first kappa shape index (κ1) is 21.0. The molecule has 1 aromatic heterocycles. The number of fused-ring (bicyclic) bond motifs is 1. The first-order chi connectivity index (χ1) is 15.5. The van der Waals surface area contributed by atoms with Crippen molar-refractivity contribution in [3.8, 4) is 6.07 Å². The van der Waals surface area contributed by atoms with E-state index in [4.69, 9.17) is 0 Å². The van der Waals surface area contributed by atoms with E-state index in [2.05, 4.69) is 5.32 Å². The molecule has 0 aliphatic rings. The molecular weight excluding hydrogens is 408 g/mol. The molecule has 4 nitrogen and oxygen atoms in total. The number of amides is 1. The van der Waals surface area contributed by atoms with E-state index in [0.29, 0.717) is 12.1 Å². The van der Waals surface area contributed by atoms with Gasteiger partial charge >= 0.3 is 0 Å². The van der Waals surface area contributed by atoms with Crippen LogP contribution in [0.2, 0.25) is 0 Å². The second kappa shape index (κ2) is 8.86. The van der Waals surface area contributed by atoms with Crippen LogP contribution in [0.25, 0.3) is 17.0 Å². The number of rotatable bonds is 5. The smallest absolute Gasteiger partial charge is 0.266 e. The predicted octanol–water partition coefficient (Wildman–Crippen LogP) is 5.82. The van der Waals surface area contributed by atoms with Crippen molar-refractivity contribution in [1.82, 2.24) is 4.57 Å². The van der Waals surface area contributed by atoms with Crippen molar-refractivity contribution in [2.24, 2.45) is 0 Å². The molecule has 4 rings (SSSR count). The Kier molecular flexibility index (Phi) is 5.82. The van der Waals surface area contributed by atoms with Gasteiger partial charge in [-0.05, 0) is 48.9 Å². The van der Waals surface area contributed by atoms with Gasteiger partial charge in [0.15, 0.2) is 0 Å². The summed E-state index contributed by atoms with van der Waals surface area (Å²) in [7, 11) is 0. The van der Waals surface area contributed by atoms with Crippen molar-refractivity contribution >= 4 is 28.6 Å². The topological polar surface area (TPSA) is 57.8 Å². The lowest BCUT2D eigenvalue weighted by Gasteiger charge is -2.09. The first-order valence-electron chi connectivity index (χ1n) is 9.98. The zero-order valence-electron chi connectivity index (χ0n) is 17.3. The number of halogens is 2. The number of hydrogen-bond donors (Lipinski definition) is 1. The maximum atomic E-state index is 13.9. The molecule has 1 N–H and O–H groups in total. The van der Waals surface area contributed by atoms with E-state index in [1.165, 1.54) is 36.4 Å². The lowest BCUT2D eigenvalue weighted by molar-refractivity contribution is -0.112. The van der Waals surface area contributed by atoms with E-state index in [1.807, 2.05) is 47.9 Å². The summed E-state index contributed by atoms with van der Waals surface area (Å²) in [5, 5.41) is 12.9. The van der Waals surface area contributed by atoms with Crippen LogP contribution in [0, 0.1) is 29.9 Å². The van der Waals surface area contributed by atoms with Gasteiger partial charge in [0.2, 0.25) is 0 Å². The van der Waals surface area contributed by atoms with Crippen LogP contribution in [0.4, 0.5) is 14.5 Å². The Morgan fingerprint density at radius 1 is 1.06 bits per heavy atom. The molecule has 158 valence electrons. The van der Waals surface area contributed by atoms with E-state index in [0.717, 1.165) is 22.2 Å². The maximum absolute atomic E-state index is 13.9. The minimum absolute atomic E-state index is 0.00362. The minimum atomic E-state index is -0.695. The van der Waals surface area contributed by atoms with Gasteiger partial charge < -0.3 is 9.88 Å². The van der Waals surface area contributed by atoms with E-state index in [9.17, 15) is 18.8 Å². The molecule has 0 saturated heterocycles. The summed E-state index contributed by atoms with van der Waals surface area (Å²) < 4.78 is 29.6. The number of carbonyl (C=O) groups is 1. The standard InChI is InChI=1S/C26H19F2N3O/c1-17-22(14-19(15-29)26(32)30-24-11-4-3-10-23(24)28)21-9-2-5-12-25(21)31(17)16-18-7-6-8-20(27)13-18/h2-14H,16H2,1H3,(H,30,32)/b19-14+. The molecule has 4 aromatic rings. The quantitative estimate of drug-likeness (QED) is 0.322. The molecule has 1 heterocycles. The van der Waals surface area contributed by atoms with Crippen molar-refractivity contribution in [1.29, 1.82) is 5.26 Å². The summed E-state index contributed by atoms with van der Waals surface area (Å²) in [6.45, 7) is 2.32. The fourth-order valence-corrected chi connectivity index (χ4v) is 3.71. The number of carbonyl (C=O) groups excluding carboxylic acids is 1.